The van der Waals surface area contributed by atoms with Crippen LogP contribution in [0.5, 0.6) is 11.8 Å². The van der Waals surface area contributed by atoms with E-state index in [2.05, 4.69) is 25.6 Å². The highest BCUT2D eigenvalue weighted by atomic mass is 32.2. The first-order chi connectivity index (χ1) is 20.4. The molecule has 0 saturated heterocycles. The smallest absolute Gasteiger partial charge is 0.422 e. The van der Waals surface area contributed by atoms with Crippen molar-refractivity contribution >= 4 is 27.8 Å². The number of aromatic nitrogens is 3. The van der Waals surface area contributed by atoms with E-state index in [1.807, 2.05) is 4.72 Å². The molecule has 12 nitrogen and oxygen atoms in total. The summed E-state index contributed by atoms with van der Waals surface area (Å²) >= 11 is 0. The quantitative estimate of drug-likeness (QED) is 0.363. The fourth-order valence-corrected chi connectivity index (χ4v) is 4.60. The van der Waals surface area contributed by atoms with Crippen LogP contribution in [0.1, 0.15) is 33.7 Å². The minimum atomic E-state index is -4.59. The molecule has 3 aromatic rings. The number of hydrogen-bond acceptors (Lipinski definition) is 10. The Morgan fingerprint density at radius 2 is 1.63 bits per heavy atom. The summed E-state index contributed by atoms with van der Waals surface area (Å²) in [6, 6.07) is 12.6. The van der Waals surface area contributed by atoms with Crippen LogP contribution in [0.4, 0.5) is 19.1 Å². The molecule has 2 aromatic carbocycles. The number of fused-ring (bicyclic) bond motifs is 2. The van der Waals surface area contributed by atoms with Crippen molar-refractivity contribution in [2.24, 2.45) is 0 Å². The predicted molar refractivity (Wildman–Crippen MR) is 148 cm³/mol. The van der Waals surface area contributed by atoms with Crippen molar-refractivity contribution in [2.75, 3.05) is 30.8 Å². The van der Waals surface area contributed by atoms with Crippen LogP contribution in [0, 0.1) is 0 Å². The predicted octanol–water partition coefficient (Wildman–Crippen LogP) is 2.53. The summed E-state index contributed by atoms with van der Waals surface area (Å²) in [5.74, 6) is -1.06. The molecule has 3 aliphatic rings. The third kappa shape index (κ3) is 10.6. The number of anilines is 1. The van der Waals surface area contributed by atoms with Crippen molar-refractivity contribution in [1.29, 1.82) is 0 Å². The number of benzene rings is 2. The summed E-state index contributed by atoms with van der Waals surface area (Å²) in [5, 5.41) is 5.50. The summed E-state index contributed by atoms with van der Waals surface area (Å²) in [7, 11) is -3.91. The van der Waals surface area contributed by atoms with E-state index in [0.29, 0.717) is 11.3 Å². The maximum Gasteiger partial charge on any atom is 0.422 e. The van der Waals surface area contributed by atoms with Crippen LogP contribution in [0.15, 0.2) is 60.7 Å². The zero-order valence-electron chi connectivity index (χ0n) is 22.6. The molecule has 2 amide bonds. The zero-order valence-corrected chi connectivity index (χ0v) is 23.4. The maximum atomic E-state index is 12.8. The monoisotopic (exact) mass is 620 g/mol. The second kappa shape index (κ2) is 14.0. The Labute approximate surface area is 244 Å². The molecule has 0 saturated carbocycles. The maximum absolute atomic E-state index is 12.8. The summed E-state index contributed by atoms with van der Waals surface area (Å²) < 4.78 is 74.9. The highest BCUT2D eigenvalue weighted by molar-refractivity contribution is 7.90. The fourth-order valence-electron chi connectivity index (χ4n) is 3.67. The molecule has 228 valence electrons. The summed E-state index contributed by atoms with van der Waals surface area (Å²) in [6.45, 7) is -1.39. The van der Waals surface area contributed by atoms with E-state index < -0.39 is 46.4 Å². The van der Waals surface area contributed by atoms with Gasteiger partial charge in [0.1, 0.15) is 18.2 Å². The molecule has 0 radical (unpaired) electrons. The number of nitrogens with one attached hydrogen (secondary N) is 3. The number of carbonyl (C=O) groups is 2. The van der Waals surface area contributed by atoms with Crippen LogP contribution < -0.4 is 24.8 Å². The van der Waals surface area contributed by atoms with Crippen molar-refractivity contribution in [2.45, 2.75) is 25.6 Å². The fraction of sp³-hybridized carbons (Fsp3) is 0.296. The lowest BCUT2D eigenvalue weighted by atomic mass is 10.1. The normalized spacial score (nSPS) is 17.2. The molecular formula is C27H27F3N6O6S. The Bertz CT molecular complexity index is 1570. The van der Waals surface area contributed by atoms with Crippen LogP contribution >= 0.6 is 0 Å². The minimum absolute atomic E-state index is 0.00376. The molecule has 16 heteroatoms. The lowest BCUT2D eigenvalue weighted by Gasteiger charge is -2.12. The van der Waals surface area contributed by atoms with Gasteiger partial charge >= 0.3 is 12.2 Å². The molecule has 3 aliphatic heterocycles. The first-order valence-corrected chi connectivity index (χ1v) is 14.5. The Balaban J connectivity index is 1.55. The summed E-state index contributed by atoms with van der Waals surface area (Å²) in [5.41, 5.74) is 1.69. The molecule has 0 unspecified atom stereocenters. The molecule has 4 heterocycles. The minimum Gasteiger partial charge on any atom is -0.490 e. The number of amides is 2. The number of sulfonamides is 1. The Hall–Kier alpha value is -4.73. The van der Waals surface area contributed by atoms with Gasteiger partial charge in [0.15, 0.2) is 6.61 Å². The standard InChI is InChI=1S/C27H27F3N6O6S/c28-27(29,30)17-42-26-34-22-15-18-3-7-20(8-4-18)24(38)31-12-11-23(37)36-43(39,40)14-2-1-13-41-21-9-5-19(6-10-21)16-32-25(33-22)35-26/h1-10H,11-17H2,(H,31,38)(H,36,37)(H,32,33,34,35)/b2-1-. The van der Waals surface area contributed by atoms with Crippen LogP contribution in [0.3, 0.4) is 0 Å². The molecule has 0 fully saturated rings. The molecule has 0 spiro atoms. The van der Waals surface area contributed by atoms with Gasteiger partial charge in [-0.2, -0.15) is 28.1 Å². The van der Waals surface area contributed by atoms with Gasteiger partial charge in [-0.05, 0) is 35.4 Å². The largest absolute Gasteiger partial charge is 0.490 e. The van der Waals surface area contributed by atoms with Crippen molar-refractivity contribution in [3.63, 3.8) is 0 Å². The van der Waals surface area contributed by atoms with Gasteiger partial charge in [0.25, 0.3) is 5.91 Å². The van der Waals surface area contributed by atoms with E-state index in [1.54, 1.807) is 36.4 Å². The number of rotatable bonds is 2. The first kappa shape index (κ1) is 31.2. The van der Waals surface area contributed by atoms with Gasteiger partial charge in [-0.3, -0.25) is 14.3 Å². The second-order valence-electron chi connectivity index (χ2n) is 9.23. The van der Waals surface area contributed by atoms with Crippen molar-refractivity contribution in [3.8, 4) is 11.8 Å². The van der Waals surface area contributed by atoms with Gasteiger partial charge in [-0.25, -0.2) is 8.42 Å². The van der Waals surface area contributed by atoms with Gasteiger partial charge in [0, 0.05) is 31.5 Å². The van der Waals surface area contributed by atoms with E-state index >= 15 is 0 Å². The van der Waals surface area contributed by atoms with E-state index in [9.17, 15) is 31.2 Å². The lowest BCUT2D eigenvalue weighted by Crippen LogP contribution is -2.35. The third-order valence-corrected chi connectivity index (χ3v) is 6.88. The molecule has 6 rings (SSSR count). The van der Waals surface area contributed by atoms with Crippen LogP contribution in [-0.2, 0) is 27.8 Å². The highest BCUT2D eigenvalue weighted by Gasteiger charge is 2.29. The van der Waals surface area contributed by atoms with Crippen LogP contribution in [0.25, 0.3) is 0 Å². The van der Waals surface area contributed by atoms with Crippen molar-refractivity contribution < 1.29 is 40.7 Å². The zero-order chi connectivity index (χ0) is 30.9. The van der Waals surface area contributed by atoms with Gasteiger partial charge in [0.2, 0.25) is 21.9 Å². The molecule has 1 aromatic heterocycles. The highest BCUT2D eigenvalue weighted by Crippen LogP contribution is 2.19. The van der Waals surface area contributed by atoms with Crippen molar-refractivity contribution in [1.82, 2.24) is 25.0 Å². The molecule has 0 aliphatic carbocycles. The molecular weight excluding hydrogens is 593 g/mol. The van der Waals surface area contributed by atoms with E-state index in [4.69, 9.17) is 9.47 Å². The third-order valence-electron chi connectivity index (χ3n) is 5.71. The van der Waals surface area contributed by atoms with Gasteiger partial charge < -0.3 is 20.1 Å². The van der Waals surface area contributed by atoms with Gasteiger partial charge in [-0.1, -0.05) is 36.4 Å². The summed E-state index contributed by atoms with van der Waals surface area (Å²) in [6.07, 6.45) is -1.92. The molecule has 3 N–H and O–H groups in total. The lowest BCUT2D eigenvalue weighted by molar-refractivity contribution is -0.154. The average Bonchev–Trinajstić information content (AvgIpc) is 2.94. The number of ether oxygens (including phenoxy) is 2. The van der Waals surface area contributed by atoms with E-state index in [1.165, 1.54) is 24.3 Å². The van der Waals surface area contributed by atoms with E-state index in [-0.39, 0.29) is 49.9 Å². The van der Waals surface area contributed by atoms with Crippen LogP contribution in [-0.4, -0.2) is 66.9 Å². The number of alkyl halides is 3. The summed E-state index contributed by atoms with van der Waals surface area (Å²) in [4.78, 5) is 36.8. The Kier molecular flexibility index (Phi) is 10.1. The van der Waals surface area contributed by atoms with Gasteiger partial charge in [0.05, 0.1) is 5.75 Å². The average molecular weight is 621 g/mol. The number of carbonyl (C=O) groups excluding carboxylic acids is 2. The molecule has 6 bridgehead atoms. The Morgan fingerprint density at radius 1 is 0.907 bits per heavy atom. The van der Waals surface area contributed by atoms with Crippen molar-refractivity contribution in [3.05, 3.63) is 83.2 Å². The number of halogens is 3. The van der Waals surface area contributed by atoms with Gasteiger partial charge in [-0.15, -0.1) is 0 Å². The second-order valence-corrected chi connectivity index (χ2v) is 11.0. The molecule has 43 heavy (non-hydrogen) atoms. The molecule has 0 atom stereocenters. The van der Waals surface area contributed by atoms with E-state index in [0.717, 1.165) is 5.56 Å². The number of hydrogen-bond donors (Lipinski definition) is 3. The Morgan fingerprint density at radius 3 is 2.35 bits per heavy atom. The van der Waals surface area contributed by atoms with Crippen LogP contribution in [0.2, 0.25) is 0 Å². The topological polar surface area (TPSA) is 162 Å². The SMILES string of the molecule is O=C1CCNC(=O)c2ccc(cc2)Cc2nc(nc(OCC(F)(F)F)n2)NCc2ccc(cc2)OC/C=C\CS(=O)(=O)N1. The first-order valence-electron chi connectivity index (χ1n) is 12.9. The number of nitrogens with zero attached hydrogens (tertiary/aromatic N) is 3.